The highest BCUT2D eigenvalue weighted by Gasteiger charge is 2.23. The summed E-state index contributed by atoms with van der Waals surface area (Å²) in [5.74, 6) is -1.01. The minimum atomic E-state index is -0.489. The van der Waals surface area contributed by atoms with E-state index < -0.39 is 5.60 Å². The molecular formula is C22H38N4O5. The van der Waals surface area contributed by atoms with Crippen LogP contribution < -0.4 is 16.0 Å². The summed E-state index contributed by atoms with van der Waals surface area (Å²) >= 11 is 0. The summed E-state index contributed by atoms with van der Waals surface area (Å²) in [7, 11) is 0. The van der Waals surface area contributed by atoms with Gasteiger partial charge in [0, 0.05) is 44.2 Å². The second-order valence-electron chi connectivity index (χ2n) is 8.84. The Morgan fingerprint density at radius 2 is 1.65 bits per heavy atom. The normalized spacial score (nSPS) is 15.8. The molecule has 0 spiro atoms. The van der Waals surface area contributed by atoms with Gasteiger partial charge in [-0.15, -0.1) is 0 Å². The zero-order valence-corrected chi connectivity index (χ0v) is 19.5. The van der Waals surface area contributed by atoms with Gasteiger partial charge in [0.05, 0.1) is 0 Å². The Labute approximate surface area is 185 Å². The lowest BCUT2D eigenvalue weighted by Gasteiger charge is -2.23. The largest absolute Gasteiger partial charge is 0.459 e. The summed E-state index contributed by atoms with van der Waals surface area (Å²) in [6.07, 6.45) is 5.53. The number of hydrogen-bond donors (Lipinski definition) is 3. The molecule has 1 unspecified atom stereocenters. The molecule has 176 valence electrons. The van der Waals surface area contributed by atoms with Crippen molar-refractivity contribution in [3.05, 3.63) is 12.2 Å². The number of ether oxygens (including phenoxy) is 1. The number of esters is 1. The van der Waals surface area contributed by atoms with E-state index >= 15 is 0 Å². The lowest BCUT2D eigenvalue weighted by Crippen LogP contribution is -2.45. The van der Waals surface area contributed by atoms with Crippen molar-refractivity contribution in [1.82, 2.24) is 20.9 Å². The minimum Gasteiger partial charge on any atom is -0.459 e. The highest BCUT2D eigenvalue weighted by molar-refractivity contribution is 6.12. The molecule has 31 heavy (non-hydrogen) atoms. The number of carbonyl (C=O) groups is 4. The van der Waals surface area contributed by atoms with Crippen molar-refractivity contribution < 1.29 is 23.9 Å². The van der Waals surface area contributed by atoms with Gasteiger partial charge in [-0.05, 0) is 54.0 Å². The fraction of sp³-hybridized carbons (Fsp3) is 0.727. The molecule has 9 heteroatoms. The monoisotopic (exact) mass is 438 g/mol. The maximum Gasteiger partial charge on any atom is 0.323 e. The van der Waals surface area contributed by atoms with Gasteiger partial charge in [0.25, 0.3) is 11.8 Å². The van der Waals surface area contributed by atoms with Crippen molar-refractivity contribution >= 4 is 23.7 Å². The maximum atomic E-state index is 11.9. The molecule has 0 bridgehead atoms. The van der Waals surface area contributed by atoms with Gasteiger partial charge in [-0.2, -0.15) is 0 Å². The molecule has 1 heterocycles. The van der Waals surface area contributed by atoms with Crippen molar-refractivity contribution in [3.63, 3.8) is 0 Å². The zero-order chi connectivity index (χ0) is 23.4. The highest BCUT2D eigenvalue weighted by Crippen LogP contribution is 2.08. The molecule has 0 saturated heterocycles. The van der Waals surface area contributed by atoms with E-state index in [9.17, 15) is 19.2 Å². The summed E-state index contributed by atoms with van der Waals surface area (Å²) in [6.45, 7) is 11.3. The molecule has 3 amide bonds. The Kier molecular flexibility index (Phi) is 11.4. The van der Waals surface area contributed by atoms with E-state index in [1.807, 2.05) is 27.7 Å². The molecule has 3 N–H and O–H groups in total. The molecule has 2 atom stereocenters. The molecule has 0 fully saturated rings. The van der Waals surface area contributed by atoms with Crippen LogP contribution in [-0.2, 0) is 23.9 Å². The number of unbranched alkanes of at least 4 members (excludes halogenated alkanes) is 2. The summed E-state index contributed by atoms with van der Waals surface area (Å²) in [6, 6.07) is -0.154. The first-order valence-electron chi connectivity index (χ1n) is 11.0. The minimum absolute atomic E-state index is 0.0753. The van der Waals surface area contributed by atoms with Crippen LogP contribution in [0.15, 0.2) is 12.2 Å². The Bertz CT molecular complexity index is 639. The van der Waals surface area contributed by atoms with Crippen LogP contribution in [0.2, 0.25) is 0 Å². The van der Waals surface area contributed by atoms with Crippen LogP contribution in [0.5, 0.6) is 0 Å². The summed E-state index contributed by atoms with van der Waals surface area (Å²) in [4.78, 5) is 47.7. The number of nitrogens with zero attached hydrogens (tertiary/aromatic N) is 1. The van der Waals surface area contributed by atoms with Crippen LogP contribution >= 0.6 is 0 Å². The third kappa shape index (κ3) is 11.6. The highest BCUT2D eigenvalue weighted by atomic mass is 16.6. The summed E-state index contributed by atoms with van der Waals surface area (Å²) in [5.41, 5.74) is -0.489. The van der Waals surface area contributed by atoms with E-state index in [0.717, 1.165) is 30.7 Å². The van der Waals surface area contributed by atoms with Crippen molar-refractivity contribution in [3.8, 4) is 0 Å². The van der Waals surface area contributed by atoms with Crippen molar-refractivity contribution in [2.24, 2.45) is 0 Å². The number of hydrogen-bond acceptors (Lipinski definition) is 7. The van der Waals surface area contributed by atoms with E-state index in [0.29, 0.717) is 13.0 Å². The van der Waals surface area contributed by atoms with Crippen molar-refractivity contribution in [1.29, 1.82) is 0 Å². The molecular weight excluding hydrogens is 400 g/mol. The van der Waals surface area contributed by atoms with E-state index in [4.69, 9.17) is 4.74 Å². The standard InChI is InChI=1S/C22H38N4O5/c1-16(15-25-17(2)21(30)31-22(3,4)5)23-12-8-6-7-9-18(27)24-13-14-26-19(28)10-11-20(26)29/h10-11,16-17,23,25H,6-9,12-15H2,1-5H3,(H,24,27)/t16-,17?/m0/s1. The SMILES string of the molecule is CC(NC[C@H](C)NCCCCCC(=O)NCCN1C(=O)C=CC1=O)C(=O)OC(C)(C)C. The summed E-state index contributed by atoms with van der Waals surface area (Å²) < 4.78 is 5.35. The molecule has 0 aromatic rings. The lowest BCUT2D eigenvalue weighted by molar-refractivity contribution is -0.157. The maximum absolute atomic E-state index is 11.9. The number of carbonyl (C=O) groups excluding carboxylic acids is 4. The van der Waals surface area contributed by atoms with Gasteiger partial charge in [0.15, 0.2) is 0 Å². The number of rotatable bonds is 14. The predicted molar refractivity (Wildman–Crippen MR) is 118 cm³/mol. The molecule has 0 saturated carbocycles. The van der Waals surface area contributed by atoms with Crippen molar-refractivity contribution in [2.75, 3.05) is 26.2 Å². The number of amides is 3. The van der Waals surface area contributed by atoms with Gasteiger partial charge in [0.2, 0.25) is 5.91 Å². The van der Waals surface area contributed by atoms with Gasteiger partial charge in [-0.3, -0.25) is 24.1 Å². The molecule has 0 aliphatic carbocycles. The fourth-order valence-corrected chi connectivity index (χ4v) is 2.88. The van der Waals surface area contributed by atoms with Crippen LogP contribution in [-0.4, -0.2) is 72.5 Å². The van der Waals surface area contributed by atoms with Gasteiger partial charge >= 0.3 is 5.97 Å². The van der Waals surface area contributed by atoms with Crippen LogP contribution in [0, 0.1) is 0 Å². The number of nitrogens with one attached hydrogen (secondary N) is 3. The second-order valence-corrected chi connectivity index (χ2v) is 8.84. The van der Waals surface area contributed by atoms with Crippen LogP contribution in [0.1, 0.15) is 60.3 Å². The van der Waals surface area contributed by atoms with Gasteiger partial charge in [-0.25, -0.2) is 0 Å². The molecule has 0 aromatic heterocycles. The fourth-order valence-electron chi connectivity index (χ4n) is 2.88. The lowest BCUT2D eigenvalue weighted by atomic mass is 10.1. The zero-order valence-electron chi connectivity index (χ0n) is 19.5. The van der Waals surface area contributed by atoms with E-state index in [1.54, 1.807) is 6.92 Å². The Balaban J connectivity index is 2.01. The molecule has 0 aromatic carbocycles. The third-order valence-electron chi connectivity index (χ3n) is 4.62. The average Bonchev–Trinajstić information content (AvgIpc) is 2.99. The topological polar surface area (TPSA) is 117 Å². The van der Waals surface area contributed by atoms with Crippen LogP contribution in [0.25, 0.3) is 0 Å². The molecule has 1 aliphatic rings. The van der Waals surface area contributed by atoms with Gasteiger partial charge < -0.3 is 20.7 Å². The van der Waals surface area contributed by atoms with E-state index in [1.165, 1.54) is 12.2 Å². The van der Waals surface area contributed by atoms with E-state index in [-0.39, 0.29) is 48.9 Å². The Morgan fingerprint density at radius 3 is 2.26 bits per heavy atom. The summed E-state index contributed by atoms with van der Waals surface area (Å²) in [5, 5.41) is 9.31. The Hall–Kier alpha value is -2.26. The predicted octanol–water partition coefficient (Wildman–Crippen LogP) is 0.886. The second kappa shape index (κ2) is 13.2. The smallest absolute Gasteiger partial charge is 0.323 e. The van der Waals surface area contributed by atoms with E-state index in [2.05, 4.69) is 16.0 Å². The van der Waals surface area contributed by atoms with Crippen LogP contribution in [0.4, 0.5) is 0 Å². The first-order chi connectivity index (χ1) is 14.5. The third-order valence-corrected chi connectivity index (χ3v) is 4.62. The Morgan fingerprint density at radius 1 is 1.00 bits per heavy atom. The van der Waals surface area contributed by atoms with Gasteiger partial charge in [-0.1, -0.05) is 6.42 Å². The number of imide groups is 1. The van der Waals surface area contributed by atoms with Crippen LogP contribution in [0.3, 0.4) is 0 Å². The average molecular weight is 439 g/mol. The first kappa shape index (κ1) is 26.8. The first-order valence-corrected chi connectivity index (χ1v) is 11.0. The molecule has 9 nitrogen and oxygen atoms in total. The quantitative estimate of drug-likeness (QED) is 0.209. The molecule has 1 rings (SSSR count). The molecule has 0 radical (unpaired) electrons. The van der Waals surface area contributed by atoms with Crippen molar-refractivity contribution in [2.45, 2.75) is 78.0 Å². The van der Waals surface area contributed by atoms with Gasteiger partial charge in [0.1, 0.15) is 11.6 Å². The molecule has 1 aliphatic heterocycles.